The Hall–Kier alpha value is -1.63. The molecule has 1 N–H and O–H groups in total. The molecule has 0 aliphatic carbocycles. The van der Waals surface area contributed by atoms with Gasteiger partial charge >= 0.3 is 0 Å². The van der Waals surface area contributed by atoms with Gasteiger partial charge < -0.3 is 4.90 Å². The Morgan fingerprint density at radius 1 is 1.29 bits per heavy atom. The van der Waals surface area contributed by atoms with E-state index in [1.165, 1.54) is 36.8 Å². The van der Waals surface area contributed by atoms with Crippen LogP contribution < -0.4 is 10.3 Å². The van der Waals surface area contributed by atoms with Crippen molar-refractivity contribution >= 4 is 51.8 Å². The monoisotopic (exact) mass is 382 g/mol. The molecule has 126 valence electrons. The zero-order chi connectivity index (χ0) is 16.9. The summed E-state index contributed by atoms with van der Waals surface area (Å²) in [7, 11) is 0. The molecule has 0 bridgehead atoms. The van der Waals surface area contributed by atoms with Gasteiger partial charge in [-0.15, -0.1) is 0 Å². The standard InChI is InChI=1S/C16H16Cl2N4OS/c17-12-6-4-5-11(9-12)15(23)21-19-10-13-14(18)20-16(24-13)22-7-2-1-3-8-22/h4-6,9-10H,1-3,7-8H2,(H,21,23)/b19-10-. The number of carbonyl (C=O) groups excluding carboxylic acids is 1. The molecule has 1 aliphatic heterocycles. The number of nitrogens with one attached hydrogen (secondary N) is 1. The van der Waals surface area contributed by atoms with E-state index in [0.717, 1.165) is 23.1 Å². The van der Waals surface area contributed by atoms with Gasteiger partial charge in [0.1, 0.15) is 0 Å². The Balaban J connectivity index is 1.64. The van der Waals surface area contributed by atoms with E-state index in [1.54, 1.807) is 24.3 Å². The van der Waals surface area contributed by atoms with Crippen LogP contribution in [0.4, 0.5) is 5.13 Å². The van der Waals surface area contributed by atoms with E-state index in [2.05, 4.69) is 20.4 Å². The molecule has 1 fully saturated rings. The van der Waals surface area contributed by atoms with E-state index >= 15 is 0 Å². The summed E-state index contributed by atoms with van der Waals surface area (Å²) in [5.74, 6) is -0.328. The van der Waals surface area contributed by atoms with Gasteiger partial charge in [-0.25, -0.2) is 10.4 Å². The van der Waals surface area contributed by atoms with Gasteiger partial charge in [0, 0.05) is 23.7 Å². The lowest BCUT2D eigenvalue weighted by Crippen LogP contribution is -2.29. The largest absolute Gasteiger partial charge is 0.348 e. The molecule has 0 atom stereocenters. The molecular formula is C16H16Cl2N4OS. The molecule has 1 saturated heterocycles. The first kappa shape index (κ1) is 17.2. The quantitative estimate of drug-likeness (QED) is 0.636. The molecule has 5 nitrogen and oxygen atoms in total. The summed E-state index contributed by atoms with van der Waals surface area (Å²) < 4.78 is 0. The number of hydrazone groups is 1. The van der Waals surface area contributed by atoms with Crippen LogP contribution in [0.25, 0.3) is 0 Å². The maximum Gasteiger partial charge on any atom is 0.271 e. The summed E-state index contributed by atoms with van der Waals surface area (Å²) in [5, 5.41) is 5.78. The number of benzene rings is 1. The van der Waals surface area contributed by atoms with Crippen LogP contribution in [0.5, 0.6) is 0 Å². The third-order valence-electron chi connectivity index (χ3n) is 3.66. The number of hydrogen-bond acceptors (Lipinski definition) is 5. The highest BCUT2D eigenvalue weighted by molar-refractivity contribution is 7.17. The van der Waals surface area contributed by atoms with E-state index in [9.17, 15) is 4.79 Å². The van der Waals surface area contributed by atoms with Crippen molar-refractivity contribution in [2.24, 2.45) is 5.10 Å². The fraction of sp³-hybridized carbons (Fsp3) is 0.312. The van der Waals surface area contributed by atoms with Gasteiger partial charge in [0.2, 0.25) is 0 Å². The maximum atomic E-state index is 12.0. The van der Waals surface area contributed by atoms with Crippen molar-refractivity contribution in [2.45, 2.75) is 19.3 Å². The van der Waals surface area contributed by atoms with Crippen LogP contribution in [0.15, 0.2) is 29.4 Å². The van der Waals surface area contributed by atoms with E-state index < -0.39 is 0 Å². The predicted octanol–water partition coefficient (Wildman–Crippen LogP) is 4.20. The summed E-state index contributed by atoms with van der Waals surface area (Å²) in [4.78, 5) is 19.3. The first-order valence-electron chi connectivity index (χ1n) is 7.64. The van der Waals surface area contributed by atoms with Crippen molar-refractivity contribution in [3.63, 3.8) is 0 Å². The summed E-state index contributed by atoms with van der Waals surface area (Å²) in [5.41, 5.74) is 2.92. The molecule has 2 heterocycles. The molecule has 8 heteroatoms. The summed E-state index contributed by atoms with van der Waals surface area (Å²) in [6.07, 6.45) is 5.14. The molecule has 1 aliphatic rings. The molecule has 0 radical (unpaired) electrons. The van der Waals surface area contributed by atoms with Crippen LogP contribution in [-0.2, 0) is 0 Å². The fourth-order valence-electron chi connectivity index (χ4n) is 2.45. The Morgan fingerprint density at radius 3 is 2.83 bits per heavy atom. The number of amides is 1. The molecule has 3 rings (SSSR count). The second-order valence-corrected chi connectivity index (χ2v) is 7.21. The van der Waals surface area contributed by atoms with E-state index in [1.807, 2.05) is 0 Å². The molecule has 24 heavy (non-hydrogen) atoms. The lowest BCUT2D eigenvalue weighted by Gasteiger charge is -2.25. The van der Waals surface area contributed by atoms with E-state index in [-0.39, 0.29) is 5.91 Å². The van der Waals surface area contributed by atoms with Crippen LogP contribution in [0, 0.1) is 0 Å². The SMILES string of the molecule is O=C(N/N=C\c1sc(N2CCCCC2)nc1Cl)c1cccc(Cl)c1. The van der Waals surface area contributed by atoms with Crippen molar-refractivity contribution in [3.05, 3.63) is 44.9 Å². The Labute approximate surface area is 154 Å². The van der Waals surface area contributed by atoms with Gasteiger partial charge in [-0.3, -0.25) is 4.79 Å². The average molecular weight is 383 g/mol. The number of nitrogens with zero attached hydrogens (tertiary/aromatic N) is 3. The Kier molecular flexibility index (Phi) is 5.71. The third kappa shape index (κ3) is 4.26. The first-order valence-corrected chi connectivity index (χ1v) is 9.21. The zero-order valence-corrected chi connectivity index (χ0v) is 15.2. The molecular weight excluding hydrogens is 367 g/mol. The molecule has 0 unspecified atom stereocenters. The average Bonchev–Trinajstić information content (AvgIpc) is 2.96. The second kappa shape index (κ2) is 7.96. The minimum atomic E-state index is -0.328. The Bertz CT molecular complexity index is 756. The van der Waals surface area contributed by atoms with Crippen molar-refractivity contribution in [1.29, 1.82) is 0 Å². The minimum absolute atomic E-state index is 0.328. The van der Waals surface area contributed by atoms with Gasteiger partial charge in [0.05, 0.1) is 11.1 Å². The van der Waals surface area contributed by atoms with Crippen molar-refractivity contribution < 1.29 is 4.79 Å². The highest BCUT2D eigenvalue weighted by Crippen LogP contribution is 2.30. The predicted molar refractivity (Wildman–Crippen MR) is 99.7 cm³/mol. The Morgan fingerprint density at radius 2 is 2.08 bits per heavy atom. The number of piperidine rings is 1. The van der Waals surface area contributed by atoms with Gasteiger partial charge in [-0.2, -0.15) is 5.10 Å². The molecule has 0 saturated carbocycles. The lowest BCUT2D eigenvalue weighted by molar-refractivity contribution is 0.0955. The molecule has 1 aromatic heterocycles. The van der Waals surface area contributed by atoms with Gasteiger partial charge in [0.15, 0.2) is 10.3 Å². The number of hydrogen-bond donors (Lipinski definition) is 1. The van der Waals surface area contributed by atoms with Crippen molar-refractivity contribution in [1.82, 2.24) is 10.4 Å². The number of anilines is 1. The zero-order valence-electron chi connectivity index (χ0n) is 12.8. The van der Waals surface area contributed by atoms with Gasteiger partial charge in [-0.05, 0) is 37.5 Å². The number of thiazole rings is 1. The van der Waals surface area contributed by atoms with Crippen LogP contribution in [0.1, 0.15) is 34.5 Å². The summed E-state index contributed by atoms with van der Waals surface area (Å²) >= 11 is 13.5. The number of carbonyl (C=O) groups is 1. The molecule has 1 amide bonds. The molecule has 1 aromatic carbocycles. The van der Waals surface area contributed by atoms with Gasteiger partial charge in [0.25, 0.3) is 5.91 Å². The summed E-state index contributed by atoms with van der Waals surface area (Å²) in [6.45, 7) is 2.01. The second-order valence-electron chi connectivity index (χ2n) is 5.41. The number of halogens is 2. The van der Waals surface area contributed by atoms with E-state index in [4.69, 9.17) is 23.2 Å². The van der Waals surface area contributed by atoms with Gasteiger partial charge in [-0.1, -0.05) is 40.6 Å². The smallest absolute Gasteiger partial charge is 0.271 e. The van der Waals surface area contributed by atoms with Crippen LogP contribution in [0.2, 0.25) is 10.2 Å². The molecule has 0 spiro atoms. The maximum absolute atomic E-state index is 12.0. The number of rotatable bonds is 4. The number of aromatic nitrogens is 1. The highest BCUT2D eigenvalue weighted by atomic mass is 35.5. The lowest BCUT2D eigenvalue weighted by atomic mass is 10.1. The van der Waals surface area contributed by atoms with Crippen molar-refractivity contribution in [2.75, 3.05) is 18.0 Å². The van der Waals surface area contributed by atoms with E-state index in [0.29, 0.717) is 15.7 Å². The summed E-state index contributed by atoms with van der Waals surface area (Å²) in [6, 6.07) is 6.68. The topological polar surface area (TPSA) is 57.6 Å². The first-order chi connectivity index (χ1) is 11.6. The van der Waals surface area contributed by atoms with Crippen LogP contribution >= 0.6 is 34.5 Å². The van der Waals surface area contributed by atoms with Crippen LogP contribution in [-0.4, -0.2) is 30.2 Å². The third-order valence-corrected chi connectivity index (χ3v) is 5.35. The van der Waals surface area contributed by atoms with Crippen LogP contribution in [0.3, 0.4) is 0 Å². The van der Waals surface area contributed by atoms with Crippen molar-refractivity contribution in [3.8, 4) is 0 Å². The fourth-order valence-corrected chi connectivity index (χ4v) is 3.81. The molecule has 2 aromatic rings. The normalized spacial score (nSPS) is 15.0. The highest BCUT2D eigenvalue weighted by Gasteiger charge is 2.16. The minimum Gasteiger partial charge on any atom is -0.348 e.